The van der Waals surface area contributed by atoms with Crippen LogP contribution in [0.1, 0.15) is 0 Å². The first-order valence-electron chi connectivity index (χ1n) is 6.95. The van der Waals surface area contributed by atoms with Gasteiger partial charge in [-0.25, -0.2) is 9.59 Å². The van der Waals surface area contributed by atoms with Crippen LogP contribution in [0.5, 0.6) is 23.0 Å². The lowest BCUT2D eigenvalue weighted by atomic mass is 10.3. The summed E-state index contributed by atoms with van der Waals surface area (Å²) in [5.74, 6) is -0.0177. The number of esters is 2. The summed E-state index contributed by atoms with van der Waals surface area (Å²) >= 11 is 0. The van der Waals surface area contributed by atoms with Gasteiger partial charge in [0.15, 0.2) is 0 Å². The van der Waals surface area contributed by atoms with E-state index >= 15 is 0 Å². The Morgan fingerprint density at radius 2 is 0.958 bits per heavy atom. The molecule has 0 saturated heterocycles. The Morgan fingerprint density at radius 3 is 1.25 bits per heavy atom. The molecule has 0 amide bonds. The highest BCUT2D eigenvalue weighted by Gasteiger charge is 2.20. The van der Waals surface area contributed by atoms with Crippen LogP contribution >= 0.6 is 0 Å². The Bertz CT molecular complexity index is 668. The molecule has 0 atom stereocenters. The molecule has 2 rings (SSSR count). The van der Waals surface area contributed by atoms with E-state index in [0.29, 0.717) is 11.5 Å². The first kappa shape index (κ1) is 17.1. The van der Waals surface area contributed by atoms with Crippen LogP contribution in [-0.4, -0.2) is 26.2 Å². The van der Waals surface area contributed by atoms with Crippen LogP contribution < -0.4 is 18.9 Å². The number of carbonyl (C=O) groups excluding carboxylic acids is 2. The van der Waals surface area contributed by atoms with Crippen molar-refractivity contribution >= 4 is 11.9 Å². The van der Waals surface area contributed by atoms with Gasteiger partial charge in [0.1, 0.15) is 28.6 Å². The molecule has 0 aliphatic carbocycles. The lowest BCUT2D eigenvalue weighted by Gasteiger charge is -2.08. The molecule has 0 aromatic heterocycles. The summed E-state index contributed by atoms with van der Waals surface area (Å²) < 4.78 is 20.1. The molecular formula is C18H16O6. The van der Waals surface area contributed by atoms with E-state index in [4.69, 9.17) is 18.9 Å². The zero-order chi connectivity index (χ0) is 17.5. The van der Waals surface area contributed by atoms with E-state index in [1.165, 1.54) is 14.2 Å². The molecule has 0 N–H and O–H groups in total. The summed E-state index contributed by atoms with van der Waals surface area (Å²) in [5, 5.41) is 0. The number of hydrogen-bond donors (Lipinski definition) is 0. The van der Waals surface area contributed by atoms with Crippen LogP contribution in [0.15, 0.2) is 60.7 Å². The van der Waals surface area contributed by atoms with Crippen molar-refractivity contribution in [1.82, 2.24) is 0 Å². The number of ether oxygens (including phenoxy) is 4. The Kier molecular flexibility index (Phi) is 5.57. The molecule has 0 unspecified atom stereocenters. The Hall–Kier alpha value is -3.28. The first-order valence-corrected chi connectivity index (χ1v) is 6.95. The van der Waals surface area contributed by atoms with Crippen molar-refractivity contribution in [3.8, 4) is 23.0 Å². The van der Waals surface area contributed by atoms with Gasteiger partial charge in [0.25, 0.3) is 0 Å². The highest BCUT2D eigenvalue weighted by Crippen LogP contribution is 2.20. The van der Waals surface area contributed by atoms with Gasteiger partial charge in [-0.1, -0.05) is 6.58 Å². The minimum atomic E-state index is -0.890. The molecule has 124 valence electrons. The van der Waals surface area contributed by atoms with Crippen molar-refractivity contribution in [1.29, 1.82) is 0 Å². The van der Waals surface area contributed by atoms with Crippen molar-refractivity contribution in [3.05, 3.63) is 60.7 Å². The first-order chi connectivity index (χ1) is 11.5. The standard InChI is InChI=1S/C18H16O6/c1-12(17(19)23-15-8-4-13(21-2)5-9-15)18(20)24-16-10-6-14(22-3)7-11-16/h4-11H,1H2,2-3H3. The van der Waals surface area contributed by atoms with Gasteiger partial charge in [0.2, 0.25) is 0 Å². The van der Waals surface area contributed by atoms with E-state index in [-0.39, 0.29) is 11.5 Å². The third kappa shape index (κ3) is 4.36. The smallest absolute Gasteiger partial charge is 0.350 e. The fourth-order valence-electron chi connectivity index (χ4n) is 1.71. The van der Waals surface area contributed by atoms with Gasteiger partial charge in [0.05, 0.1) is 14.2 Å². The van der Waals surface area contributed by atoms with Gasteiger partial charge in [-0.3, -0.25) is 0 Å². The Balaban J connectivity index is 1.95. The van der Waals surface area contributed by atoms with Crippen molar-refractivity contribution in [2.45, 2.75) is 0 Å². The van der Waals surface area contributed by atoms with Gasteiger partial charge in [-0.2, -0.15) is 0 Å². The summed E-state index contributed by atoms with van der Waals surface area (Å²) in [6, 6.07) is 12.7. The van der Waals surface area contributed by atoms with Crippen LogP contribution in [0.3, 0.4) is 0 Å². The largest absolute Gasteiger partial charge is 0.497 e. The van der Waals surface area contributed by atoms with Gasteiger partial charge in [0, 0.05) is 0 Å². The minimum absolute atomic E-state index is 0.263. The van der Waals surface area contributed by atoms with Gasteiger partial charge < -0.3 is 18.9 Å². The summed E-state index contributed by atoms with van der Waals surface area (Å²) in [6.07, 6.45) is 0. The second kappa shape index (κ2) is 7.82. The number of benzene rings is 2. The molecule has 0 spiro atoms. The van der Waals surface area contributed by atoms with Gasteiger partial charge in [-0.15, -0.1) is 0 Å². The lowest BCUT2D eigenvalue weighted by Crippen LogP contribution is -2.21. The average molecular weight is 328 g/mol. The van der Waals surface area contributed by atoms with E-state index in [1.807, 2.05) is 0 Å². The maximum absolute atomic E-state index is 11.9. The van der Waals surface area contributed by atoms with E-state index in [0.717, 1.165) is 0 Å². The molecular weight excluding hydrogens is 312 g/mol. The van der Waals surface area contributed by atoms with Crippen LogP contribution in [0, 0.1) is 0 Å². The molecule has 0 aliphatic heterocycles. The topological polar surface area (TPSA) is 71.1 Å². The summed E-state index contributed by atoms with van der Waals surface area (Å²) in [7, 11) is 3.05. The van der Waals surface area contributed by atoms with Crippen LogP contribution in [0.4, 0.5) is 0 Å². The highest BCUT2D eigenvalue weighted by atomic mass is 16.6. The maximum atomic E-state index is 11.9. The van der Waals surface area contributed by atoms with Crippen molar-refractivity contribution in [2.75, 3.05) is 14.2 Å². The predicted octanol–water partition coefficient (Wildman–Crippen LogP) is 2.77. The monoisotopic (exact) mass is 328 g/mol. The predicted molar refractivity (Wildman–Crippen MR) is 86.4 cm³/mol. The maximum Gasteiger partial charge on any atom is 0.350 e. The molecule has 2 aromatic carbocycles. The van der Waals surface area contributed by atoms with Crippen LogP contribution in [-0.2, 0) is 9.59 Å². The Morgan fingerprint density at radius 1 is 0.667 bits per heavy atom. The fraction of sp³-hybridized carbons (Fsp3) is 0.111. The van der Waals surface area contributed by atoms with Crippen LogP contribution in [0.2, 0.25) is 0 Å². The molecule has 6 nitrogen and oxygen atoms in total. The van der Waals surface area contributed by atoms with E-state index in [2.05, 4.69) is 6.58 Å². The quantitative estimate of drug-likeness (QED) is 0.267. The number of hydrogen-bond acceptors (Lipinski definition) is 6. The zero-order valence-corrected chi connectivity index (χ0v) is 13.3. The molecule has 0 radical (unpaired) electrons. The van der Waals surface area contributed by atoms with Crippen molar-refractivity contribution in [3.63, 3.8) is 0 Å². The number of methoxy groups -OCH3 is 2. The van der Waals surface area contributed by atoms with Gasteiger partial charge >= 0.3 is 11.9 Å². The van der Waals surface area contributed by atoms with Crippen LogP contribution in [0.25, 0.3) is 0 Å². The van der Waals surface area contributed by atoms with Gasteiger partial charge in [-0.05, 0) is 48.5 Å². The van der Waals surface area contributed by atoms with Crippen molar-refractivity contribution < 1.29 is 28.5 Å². The second-order valence-corrected chi connectivity index (χ2v) is 4.61. The average Bonchev–Trinajstić information content (AvgIpc) is 2.62. The molecule has 0 heterocycles. The SMILES string of the molecule is C=C(C(=O)Oc1ccc(OC)cc1)C(=O)Oc1ccc(OC)cc1. The molecule has 0 bridgehead atoms. The third-order valence-electron chi connectivity index (χ3n) is 3.03. The molecule has 24 heavy (non-hydrogen) atoms. The second-order valence-electron chi connectivity index (χ2n) is 4.61. The molecule has 0 saturated carbocycles. The zero-order valence-electron chi connectivity index (χ0n) is 13.3. The Labute approximate surface area is 139 Å². The lowest BCUT2D eigenvalue weighted by molar-refractivity contribution is -0.137. The van der Waals surface area contributed by atoms with E-state index in [1.54, 1.807) is 48.5 Å². The normalized spacial score (nSPS) is 9.75. The third-order valence-corrected chi connectivity index (χ3v) is 3.03. The summed E-state index contributed by atoms with van der Waals surface area (Å²) in [6.45, 7) is 3.42. The molecule has 2 aromatic rings. The fourth-order valence-corrected chi connectivity index (χ4v) is 1.71. The summed E-state index contributed by atoms with van der Waals surface area (Å²) in [5.41, 5.74) is -0.415. The van der Waals surface area contributed by atoms with E-state index in [9.17, 15) is 9.59 Å². The molecule has 6 heteroatoms. The molecule has 0 fully saturated rings. The number of rotatable bonds is 6. The van der Waals surface area contributed by atoms with E-state index < -0.39 is 17.5 Å². The highest BCUT2D eigenvalue weighted by molar-refractivity contribution is 6.14. The summed E-state index contributed by atoms with van der Waals surface area (Å²) in [4.78, 5) is 23.9. The molecule has 0 aliphatic rings. The van der Waals surface area contributed by atoms with Crippen molar-refractivity contribution in [2.24, 2.45) is 0 Å². The minimum Gasteiger partial charge on any atom is -0.497 e. The number of carbonyl (C=O) groups is 2.